The van der Waals surface area contributed by atoms with Crippen LogP contribution in [0.3, 0.4) is 0 Å². The third-order valence-electron chi connectivity index (χ3n) is 7.13. The summed E-state index contributed by atoms with van der Waals surface area (Å²) in [6.45, 7) is 4.47. The summed E-state index contributed by atoms with van der Waals surface area (Å²) in [6, 6.07) is 24.1. The Labute approximate surface area is 185 Å². The lowest BCUT2D eigenvalue weighted by molar-refractivity contribution is -0.643. The van der Waals surface area contributed by atoms with Gasteiger partial charge in [-0.2, -0.15) is 0 Å². The highest BCUT2D eigenvalue weighted by Gasteiger charge is 2.25. The first-order valence-electron chi connectivity index (χ1n) is 11.1. The van der Waals surface area contributed by atoms with E-state index in [-0.39, 0.29) is 0 Å². The predicted molar refractivity (Wildman–Crippen MR) is 132 cm³/mol. The summed E-state index contributed by atoms with van der Waals surface area (Å²) in [7, 11) is 2.16. The summed E-state index contributed by atoms with van der Waals surface area (Å²) in [6.07, 6.45) is 4.10. The largest absolute Gasteiger partial charge is 0.292 e. The van der Waals surface area contributed by atoms with Crippen molar-refractivity contribution in [1.29, 1.82) is 0 Å². The molecule has 0 amide bonds. The van der Waals surface area contributed by atoms with E-state index in [0.717, 1.165) is 5.65 Å². The predicted octanol–water partition coefficient (Wildman–Crippen LogP) is 6.49. The van der Waals surface area contributed by atoms with E-state index in [9.17, 15) is 0 Å². The fourth-order valence-electron chi connectivity index (χ4n) is 5.51. The smallest absolute Gasteiger partial charge is 0.224 e. The lowest BCUT2D eigenvalue weighted by atomic mass is 9.94. The average Bonchev–Trinajstić information content (AvgIpc) is 3.15. The molecule has 32 heavy (non-hydrogen) atoms. The van der Waals surface area contributed by atoms with Crippen LogP contribution in [0.25, 0.3) is 60.3 Å². The molecule has 3 nitrogen and oxygen atoms in total. The Morgan fingerprint density at radius 2 is 1.66 bits per heavy atom. The van der Waals surface area contributed by atoms with E-state index in [1.165, 1.54) is 65.7 Å². The minimum atomic E-state index is 1.03. The fraction of sp³-hybridized carbons (Fsp3) is 0.103. The Morgan fingerprint density at radius 3 is 2.50 bits per heavy atom. The van der Waals surface area contributed by atoms with Gasteiger partial charge in [-0.1, -0.05) is 30.3 Å². The first-order chi connectivity index (χ1) is 15.6. The quantitative estimate of drug-likeness (QED) is 0.171. The van der Waals surface area contributed by atoms with E-state index >= 15 is 0 Å². The summed E-state index contributed by atoms with van der Waals surface area (Å²) >= 11 is 0. The van der Waals surface area contributed by atoms with Crippen molar-refractivity contribution < 1.29 is 4.57 Å². The summed E-state index contributed by atoms with van der Waals surface area (Å²) < 4.78 is 4.68. The lowest BCUT2D eigenvalue weighted by Gasteiger charge is -2.15. The number of pyridine rings is 3. The molecule has 0 unspecified atom stereocenters. The van der Waals surface area contributed by atoms with Crippen molar-refractivity contribution >= 4 is 49.1 Å². The lowest BCUT2D eigenvalue weighted by Crippen LogP contribution is -2.29. The van der Waals surface area contributed by atoms with Gasteiger partial charge in [0.05, 0.1) is 21.8 Å². The maximum absolute atomic E-state index is 4.86. The van der Waals surface area contributed by atoms with Crippen LogP contribution in [0.1, 0.15) is 11.1 Å². The highest BCUT2D eigenvalue weighted by molar-refractivity contribution is 6.26. The zero-order chi connectivity index (χ0) is 21.6. The molecule has 0 bridgehead atoms. The van der Waals surface area contributed by atoms with E-state index in [4.69, 9.17) is 4.98 Å². The first-order valence-corrected chi connectivity index (χ1v) is 11.1. The molecular formula is C29H22N3+. The average molecular weight is 413 g/mol. The van der Waals surface area contributed by atoms with Gasteiger partial charge in [0.2, 0.25) is 5.52 Å². The van der Waals surface area contributed by atoms with Crippen LogP contribution in [0.5, 0.6) is 0 Å². The molecule has 0 saturated carbocycles. The second-order valence-corrected chi connectivity index (χ2v) is 8.90. The van der Waals surface area contributed by atoms with Crippen molar-refractivity contribution in [3.63, 3.8) is 0 Å². The van der Waals surface area contributed by atoms with Crippen molar-refractivity contribution in [3.8, 4) is 11.1 Å². The number of nitrogens with zero attached hydrogens (tertiary/aromatic N) is 3. The molecule has 152 valence electrons. The van der Waals surface area contributed by atoms with Gasteiger partial charge in [-0.15, -0.1) is 0 Å². The number of rotatable bonds is 1. The van der Waals surface area contributed by atoms with Crippen molar-refractivity contribution in [2.75, 3.05) is 0 Å². The van der Waals surface area contributed by atoms with Crippen LogP contribution < -0.4 is 4.57 Å². The molecule has 7 rings (SSSR count). The van der Waals surface area contributed by atoms with Crippen LogP contribution in [-0.2, 0) is 7.05 Å². The van der Waals surface area contributed by atoms with E-state index in [2.05, 4.69) is 96.7 Å². The molecule has 0 aliphatic carbocycles. The zero-order valence-electron chi connectivity index (χ0n) is 18.3. The van der Waals surface area contributed by atoms with E-state index < -0.39 is 0 Å². The van der Waals surface area contributed by atoms with Gasteiger partial charge in [-0.05, 0) is 71.8 Å². The number of hydrogen-bond donors (Lipinski definition) is 0. The molecule has 3 heteroatoms. The summed E-state index contributed by atoms with van der Waals surface area (Å²) in [5, 5.41) is 6.36. The maximum Gasteiger partial charge on any atom is 0.224 e. The van der Waals surface area contributed by atoms with Gasteiger partial charge in [0.25, 0.3) is 0 Å². The Kier molecular flexibility index (Phi) is 3.34. The van der Waals surface area contributed by atoms with Gasteiger partial charge >= 0.3 is 0 Å². The number of aromatic nitrogens is 3. The van der Waals surface area contributed by atoms with E-state index in [1.807, 2.05) is 12.3 Å². The molecule has 0 saturated heterocycles. The molecule has 4 aromatic heterocycles. The number of aryl methyl sites for hydroxylation is 3. The summed E-state index contributed by atoms with van der Waals surface area (Å²) in [5.74, 6) is 0. The molecule has 4 heterocycles. The van der Waals surface area contributed by atoms with Gasteiger partial charge in [0.1, 0.15) is 12.7 Å². The molecule has 0 aliphatic rings. The van der Waals surface area contributed by atoms with Crippen molar-refractivity contribution in [1.82, 2.24) is 9.38 Å². The minimum Gasteiger partial charge on any atom is -0.292 e. The van der Waals surface area contributed by atoms with Gasteiger partial charge < -0.3 is 0 Å². The molecule has 0 spiro atoms. The molecule has 3 aromatic carbocycles. The second-order valence-electron chi connectivity index (χ2n) is 8.90. The van der Waals surface area contributed by atoms with Crippen LogP contribution in [0.4, 0.5) is 0 Å². The first kappa shape index (κ1) is 17.7. The van der Waals surface area contributed by atoms with Crippen LogP contribution >= 0.6 is 0 Å². The highest BCUT2D eigenvalue weighted by Crippen LogP contribution is 2.42. The van der Waals surface area contributed by atoms with Crippen molar-refractivity contribution in [2.24, 2.45) is 7.05 Å². The van der Waals surface area contributed by atoms with Gasteiger partial charge in [0.15, 0.2) is 6.20 Å². The van der Waals surface area contributed by atoms with Crippen molar-refractivity contribution in [3.05, 3.63) is 90.3 Å². The molecular weight excluding hydrogens is 390 g/mol. The Bertz CT molecular complexity index is 1840. The standard InChI is InChI=1S/C29H22N3/c1-17-14-23-22-10-7-12-30-29(22)32-24-16-21(19-8-5-4-6-9-19)15-20-11-13-31(3)28(26(20)24)25(18(17)2)27(23)32/h4-16H,1-3H3/q+1. The fourth-order valence-corrected chi connectivity index (χ4v) is 5.51. The molecule has 0 aliphatic heterocycles. The summed E-state index contributed by atoms with van der Waals surface area (Å²) in [4.78, 5) is 4.86. The van der Waals surface area contributed by atoms with Crippen molar-refractivity contribution in [2.45, 2.75) is 13.8 Å². The number of fused-ring (bicyclic) bond motifs is 5. The highest BCUT2D eigenvalue weighted by atomic mass is 15.0. The van der Waals surface area contributed by atoms with Crippen LogP contribution in [0.2, 0.25) is 0 Å². The Hall–Kier alpha value is -3.98. The Balaban J connectivity index is 1.87. The molecule has 0 N–H and O–H groups in total. The topological polar surface area (TPSA) is 21.2 Å². The normalized spacial score (nSPS) is 12.2. The monoisotopic (exact) mass is 412 g/mol. The molecule has 0 radical (unpaired) electrons. The van der Waals surface area contributed by atoms with Crippen LogP contribution in [0.15, 0.2) is 79.1 Å². The number of hydrogen-bond acceptors (Lipinski definition) is 1. The van der Waals surface area contributed by atoms with Gasteiger partial charge in [-0.25, -0.2) is 9.55 Å². The third-order valence-corrected chi connectivity index (χ3v) is 7.13. The van der Waals surface area contributed by atoms with E-state index in [1.54, 1.807) is 0 Å². The molecule has 0 atom stereocenters. The molecule has 7 aromatic rings. The molecule has 0 fully saturated rings. The van der Waals surface area contributed by atoms with Gasteiger partial charge in [-0.3, -0.25) is 4.40 Å². The van der Waals surface area contributed by atoms with E-state index in [0.29, 0.717) is 0 Å². The maximum atomic E-state index is 4.86. The number of benzene rings is 3. The Morgan fingerprint density at radius 1 is 0.812 bits per heavy atom. The zero-order valence-corrected chi connectivity index (χ0v) is 18.3. The third kappa shape index (κ3) is 2.10. The second kappa shape index (κ2) is 6.04. The van der Waals surface area contributed by atoms with Gasteiger partial charge in [0, 0.05) is 23.0 Å². The summed E-state index contributed by atoms with van der Waals surface area (Å²) in [5.41, 5.74) is 9.90. The van der Waals surface area contributed by atoms with Crippen LogP contribution in [0, 0.1) is 13.8 Å². The SMILES string of the molecule is Cc1cc2c3cccnc3n3c4cc(-c5ccccc5)cc5cc[n+](C)c(c(c1C)c23)c54. The minimum absolute atomic E-state index is 1.03. The van der Waals surface area contributed by atoms with Crippen LogP contribution in [-0.4, -0.2) is 9.38 Å².